The van der Waals surface area contributed by atoms with Crippen LogP contribution in [0, 0.1) is 16.7 Å². The maximum absolute atomic E-state index is 12.7. The van der Waals surface area contributed by atoms with Gasteiger partial charge in [0.25, 0.3) is 0 Å². The Morgan fingerprint density at radius 1 is 1.44 bits per heavy atom. The highest BCUT2D eigenvalue weighted by molar-refractivity contribution is 8.00. The van der Waals surface area contributed by atoms with E-state index in [-0.39, 0.29) is 5.91 Å². The minimum Gasteiger partial charge on any atom is -0.339 e. The van der Waals surface area contributed by atoms with Crippen LogP contribution < -0.4 is 0 Å². The van der Waals surface area contributed by atoms with Gasteiger partial charge in [-0.1, -0.05) is 26.2 Å². The van der Waals surface area contributed by atoms with Crippen molar-refractivity contribution in [3.8, 4) is 6.07 Å². The van der Waals surface area contributed by atoms with Gasteiger partial charge < -0.3 is 4.90 Å². The van der Waals surface area contributed by atoms with E-state index in [1.165, 1.54) is 6.42 Å². The van der Waals surface area contributed by atoms with Crippen molar-refractivity contribution in [2.75, 3.05) is 18.8 Å². The number of amides is 1. The topological polar surface area (TPSA) is 44.1 Å². The van der Waals surface area contributed by atoms with Crippen molar-refractivity contribution in [2.45, 2.75) is 50.7 Å². The third-order valence-corrected chi connectivity index (χ3v) is 5.58. The molecule has 1 heterocycles. The van der Waals surface area contributed by atoms with Crippen LogP contribution in [0.15, 0.2) is 0 Å². The van der Waals surface area contributed by atoms with Gasteiger partial charge in [0.15, 0.2) is 0 Å². The molecule has 3 nitrogen and oxygen atoms in total. The smallest absolute Gasteiger partial charge is 0.243 e. The SMILES string of the molecule is CCC1CN(C(=O)C2(C#N)CCCCC2)CCS1. The minimum absolute atomic E-state index is 0.114. The molecule has 0 radical (unpaired) electrons. The molecule has 2 fully saturated rings. The van der Waals surface area contributed by atoms with E-state index in [4.69, 9.17) is 0 Å². The Labute approximate surface area is 114 Å². The lowest BCUT2D eigenvalue weighted by Crippen LogP contribution is -2.49. The molecule has 1 saturated carbocycles. The standard InChI is InChI=1S/C14H22N2OS/c1-2-12-10-16(8-9-18-12)13(17)14(11-15)6-4-3-5-7-14/h12H,2-10H2,1H3. The number of hydrogen-bond donors (Lipinski definition) is 0. The second-order valence-corrected chi connectivity index (χ2v) is 6.82. The predicted octanol–water partition coefficient (Wildman–Crippen LogP) is 2.81. The van der Waals surface area contributed by atoms with Crippen molar-refractivity contribution in [1.29, 1.82) is 5.26 Å². The Balaban J connectivity index is 2.07. The summed E-state index contributed by atoms with van der Waals surface area (Å²) >= 11 is 1.96. The summed E-state index contributed by atoms with van der Waals surface area (Å²) in [7, 11) is 0. The van der Waals surface area contributed by atoms with Crippen LogP contribution in [-0.2, 0) is 4.79 Å². The Morgan fingerprint density at radius 3 is 2.78 bits per heavy atom. The molecule has 1 unspecified atom stereocenters. The van der Waals surface area contributed by atoms with E-state index >= 15 is 0 Å². The van der Waals surface area contributed by atoms with Crippen molar-refractivity contribution in [3.05, 3.63) is 0 Å². The molecule has 0 N–H and O–H groups in total. The van der Waals surface area contributed by atoms with Crippen LogP contribution in [-0.4, -0.2) is 34.9 Å². The van der Waals surface area contributed by atoms with Gasteiger partial charge in [0.05, 0.1) is 6.07 Å². The first-order chi connectivity index (χ1) is 8.72. The number of carbonyl (C=O) groups excluding carboxylic acids is 1. The van der Waals surface area contributed by atoms with E-state index in [0.29, 0.717) is 5.25 Å². The molecule has 0 spiro atoms. The zero-order valence-electron chi connectivity index (χ0n) is 11.2. The van der Waals surface area contributed by atoms with E-state index in [1.54, 1.807) is 0 Å². The van der Waals surface area contributed by atoms with Gasteiger partial charge in [-0.25, -0.2) is 0 Å². The summed E-state index contributed by atoms with van der Waals surface area (Å²) in [5, 5.41) is 10.0. The Hall–Kier alpha value is -0.690. The highest BCUT2D eigenvalue weighted by Crippen LogP contribution is 2.38. The van der Waals surface area contributed by atoms with Crippen LogP contribution in [0.4, 0.5) is 0 Å². The average molecular weight is 266 g/mol. The maximum Gasteiger partial charge on any atom is 0.243 e. The Bertz CT molecular complexity index is 344. The molecule has 2 rings (SSSR count). The van der Waals surface area contributed by atoms with Gasteiger partial charge in [0, 0.05) is 24.1 Å². The first-order valence-electron chi connectivity index (χ1n) is 7.04. The molecule has 0 bridgehead atoms. The van der Waals surface area contributed by atoms with E-state index in [1.807, 2.05) is 16.7 Å². The number of hydrogen-bond acceptors (Lipinski definition) is 3. The fourth-order valence-electron chi connectivity index (χ4n) is 2.98. The summed E-state index contributed by atoms with van der Waals surface area (Å²) < 4.78 is 0. The van der Waals surface area contributed by atoms with E-state index in [2.05, 4.69) is 13.0 Å². The summed E-state index contributed by atoms with van der Waals surface area (Å²) in [4.78, 5) is 14.6. The lowest BCUT2D eigenvalue weighted by molar-refractivity contribution is -0.140. The lowest BCUT2D eigenvalue weighted by atomic mass is 9.74. The summed E-state index contributed by atoms with van der Waals surface area (Å²) in [6, 6.07) is 2.35. The van der Waals surface area contributed by atoms with E-state index < -0.39 is 5.41 Å². The van der Waals surface area contributed by atoms with Gasteiger partial charge in [-0.05, 0) is 19.3 Å². The first-order valence-corrected chi connectivity index (χ1v) is 8.09. The largest absolute Gasteiger partial charge is 0.339 e. The summed E-state index contributed by atoms with van der Waals surface area (Å²) in [5.74, 6) is 1.13. The molecule has 1 saturated heterocycles. The summed E-state index contributed by atoms with van der Waals surface area (Å²) in [6.45, 7) is 3.83. The molecule has 18 heavy (non-hydrogen) atoms. The number of carbonyl (C=O) groups is 1. The van der Waals surface area contributed by atoms with Crippen molar-refractivity contribution in [1.82, 2.24) is 4.90 Å². The molecular formula is C14H22N2OS. The number of nitrogens with zero attached hydrogens (tertiary/aromatic N) is 2. The molecule has 1 aliphatic heterocycles. The van der Waals surface area contributed by atoms with E-state index in [0.717, 1.165) is 50.9 Å². The Morgan fingerprint density at radius 2 is 2.17 bits per heavy atom. The molecule has 100 valence electrons. The normalized spacial score (nSPS) is 27.6. The number of thioether (sulfide) groups is 1. The quantitative estimate of drug-likeness (QED) is 0.772. The molecule has 0 aromatic carbocycles. The average Bonchev–Trinajstić information content (AvgIpc) is 2.47. The van der Waals surface area contributed by atoms with Gasteiger partial charge >= 0.3 is 0 Å². The first kappa shape index (κ1) is 13.7. The Kier molecular flexibility index (Phi) is 4.55. The fraction of sp³-hybridized carbons (Fsp3) is 0.857. The van der Waals surface area contributed by atoms with Gasteiger partial charge in [-0.15, -0.1) is 0 Å². The third kappa shape index (κ3) is 2.66. The lowest BCUT2D eigenvalue weighted by Gasteiger charge is -2.38. The highest BCUT2D eigenvalue weighted by atomic mass is 32.2. The molecule has 1 amide bonds. The zero-order chi connectivity index (χ0) is 13.0. The highest BCUT2D eigenvalue weighted by Gasteiger charge is 2.43. The van der Waals surface area contributed by atoms with Crippen LogP contribution in [0.5, 0.6) is 0 Å². The van der Waals surface area contributed by atoms with Crippen LogP contribution >= 0.6 is 11.8 Å². The minimum atomic E-state index is -0.696. The number of nitriles is 1. The van der Waals surface area contributed by atoms with Crippen LogP contribution in [0.1, 0.15) is 45.4 Å². The second kappa shape index (κ2) is 5.97. The molecule has 2 aliphatic rings. The molecule has 1 atom stereocenters. The molecule has 0 aromatic rings. The second-order valence-electron chi connectivity index (χ2n) is 5.41. The molecule has 0 aromatic heterocycles. The molecular weight excluding hydrogens is 244 g/mol. The van der Waals surface area contributed by atoms with Gasteiger partial charge in [0.2, 0.25) is 5.91 Å². The van der Waals surface area contributed by atoms with Crippen LogP contribution in [0.2, 0.25) is 0 Å². The van der Waals surface area contributed by atoms with Gasteiger partial charge in [-0.2, -0.15) is 17.0 Å². The van der Waals surface area contributed by atoms with Crippen molar-refractivity contribution < 1.29 is 4.79 Å². The maximum atomic E-state index is 12.7. The third-order valence-electron chi connectivity index (χ3n) is 4.21. The van der Waals surface area contributed by atoms with Crippen molar-refractivity contribution in [3.63, 3.8) is 0 Å². The molecule has 4 heteroatoms. The fourth-order valence-corrected chi connectivity index (χ4v) is 4.16. The summed E-state index contributed by atoms with van der Waals surface area (Å²) in [5.41, 5.74) is -0.696. The van der Waals surface area contributed by atoms with Crippen molar-refractivity contribution in [2.24, 2.45) is 5.41 Å². The van der Waals surface area contributed by atoms with Crippen LogP contribution in [0.3, 0.4) is 0 Å². The summed E-state index contributed by atoms with van der Waals surface area (Å²) in [6.07, 6.45) is 5.86. The van der Waals surface area contributed by atoms with Crippen molar-refractivity contribution >= 4 is 17.7 Å². The monoisotopic (exact) mass is 266 g/mol. The van der Waals surface area contributed by atoms with Crippen LogP contribution in [0.25, 0.3) is 0 Å². The predicted molar refractivity (Wildman–Crippen MR) is 74.2 cm³/mol. The number of rotatable bonds is 2. The molecule has 1 aliphatic carbocycles. The van der Waals surface area contributed by atoms with E-state index in [9.17, 15) is 10.1 Å². The van der Waals surface area contributed by atoms with Gasteiger partial charge in [0.1, 0.15) is 5.41 Å². The zero-order valence-corrected chi connectivity index (χ0v) is 12.0. The van der Waals surface area contributed by atoms with Gasteiger partial charge in [-0.3, -0.25) is 4.79 Å².